The van der Waals surface area contributed by atoms with E-state index in [9.17, 15) is 0 Å². The predicted octanol–water partition coefficient (Wildman–Crippen LogP) is 1.71. The summed E-state index contributed by atoms with van der Waals surface area (Å²) >= 11 is 0. The maximum atomic E-state index is 5.79. The third-order valence-corrected chi connectivity index (χ3v) is 1.93. The SMILES string of the molecule is C=CCOc1cc2[nH]ncc2cc1N. The Balaban J connectivity index is 2.42. The van der Waals surface area contributed by atoms with Crippen LogP contribution in [0.15, 0.2) is 31.0 Å². The lowest BCUT2D eigenvalue weighted by Crippen LogP contribution is -1.97. The summed E-state index contributed by atoms with van der Waals surface area (Å²) in [7, 11) is 0. The number of benzene rings is 1. The van der Waals surface area contributed by atoms with E-state index >= 15 is 0 Å². The van der Waals surface area contributed by atoms with E-state index in [-0.39, 0.29) is 0 Å². The Kier molecular flexibility index (Phi) is 2.10. The van der Waals surface area contributed by atoms with Crippen molar-refractivity contribution >= 4 is 16.6 Å². The number of fused-ring (bicyclic) bond motifs is 1. The first-order valence-electron chi connectivity index (χ1n) is 4.27. The van der Waals surface area contributed by atoms with E-state index in [0.29, 0.717) is 18.0 Å². The van der Waals surface area contributed by atoms with Gasteiger partial charge in [0, 0.05) is 11.5 Å². The number of ether oxygens (including phenoxy) is 1. The second-order valence-corrected chi connectivity index (χ2v) is 2.95. The molecule has 0 saturated carbocycles. The van der Waals surface area contributed by atoms with Gasteiger partial charge in [-0.1, -0.05) is 12.7 Å². The second-order valence-electron chi connectivity index (χ2n) is 2.95. The molecule has 3 N–H and O–H groups in total. The van der Waals surface area contributed by atoms with Gasteiger partial charge in [-0.05, 0) is 6.07 Å². The highest BCUT2D eigenvalue weighted by molar-refractivity contribution is 5.84. The average molecular weight is 189 g/mol. The zero-order chi connectivity index (χ0) is 9.97. The number of nitrogens with zero attached hydrogens (tertiary/aromatic N) is 1. The third-order valence-electron chi connectivity index (χ3n) is 1.93. The Bertz CT molecular complexity index is 461. The first kappa shape index (κ1) is 8.62. The van der Waals surface area contributed by atoms with E-state index in [1.807, 2.05) is 12.1 Å². The van der Waals surface area contributed by atoms with E-state index in [1.165, 1.54) is 0 Å². The number of hydrogen-bond acceptors (Lipinski definition) is 3. The molecule has 0 spiro atoms. The Morgan fingerprint density at radius 2 is 2.43 bits per heavy atom. The molecule has 0 unspecified atom stereocenters. The van der Waals surface area contributed by atoms with Crippen LogP contribution in [0.25, 0.3) is 10.9 Å². The van der Waals surface area contributed by atoms with Crippen LogP contribution in [0.5, 0.6) is 5.75 Å². The van der Waals surface area contributed by atoms with Crippen LogP contribution in [0.2, 0.25) is 0 Å². The van der Waals surface area contributed by atoms with E-state index < -0.39 is 0 Å². The lowest BCUT2D eigenvalue weighted by molar-refractivity contribution is 0.365. The number of rotatable bonds is 3. The lowest BCUT2D eigenvalue weighted by Gasteiger charge is -2.06. The van der Waals surface area contributed by atoms with Gasteiger partial charge in [-0.3, -0.25) is 5.10 Å². The monoisotopic (exact) mass is 189 g/mol. The van der Waals surface area contributed by atoms with Crippen molar-refractivity contribution < 1.29 is 4.74 Å². The molecule has 1 aromatic carbocycles. The lowest BCUT2D eigenvalue weighted by atomic mass is 10.2. The first-order valence-corrected chi connectivity index (χ1v) is 4.27. The molecule has 2 aromatic rings. The van der Waals surface area contributed by atoms with Crippen molar-refractivity contribution in [3.8, 4) is 5.75 Å². The molecule has 1 heterocycles. The fourth-order valence-electron chi connectivity index (χ4n) is 1.26. The minimum Gasteiger partial charge on any atom is -0.487 e. The summed E-state index contributed by atoms with van der Waals surface area (Å²) in [6, 6.07) is 3.67. The number of aromatic nitrogens is 2. The van der Waals surface area contributed by atoms with Gasteiger partial charge >= 0.3 is 0 Å². The minimum atomic E-state index is 0.448. The number of hydrogen-bond donors (Lipinski definition) is 2. The molecule has 4 nitrogen and oxygen atoms in total. The average Bonchev–Trinajstić information content (AvgIpc) is 2.61. The zero-order valence-electron chi connectivity index (χ0n) is 7.66. The fourth-order valence-corrected chi connectivity index (χ4v) is 1.26. The fraction of sp³-hybridized carbons (Fsp3) is 0.100. The first-order chi connectivity index (χ1) is 6.81. The van der Waals surface area contributed by atoms with Crippen LogP contribution in [0, 0.1) is 0 Å². The van der Waals surface area contributed by atoms with Crippen LogP contribution in [0.4, 0.5) is 5.69 Å². The molecule has 2 rings (SSSR count). The van der Waals surface area contributed by atoms with Crippen LogP contribution in [0.3, 0.4) is 0 Å². The summed E-state index contributed by atoms with van der Waals surface area (Å²) in [5, 5.41) is 7.74. The van der Waals surface area contributed by atoms with Gasteiger partial charge in [-0.25, -0.2) is 0 Å². The van der Waals surface area contributed by atoms with Gasteiger partial charge in [0.05, 0.1) is 17.4 Å². The van der Waals surface area contributed by atoms with E-state index in [4.69, 9.17) is 10.5 Å². The van der Waals surface area contributed by atoms with Crippen LogP contribution in [-0.2, 0) is 0 Å². The van der Waals surface area contributed by atoms with E-state index in [1.54, 1.807) is 12.3 Å². The molecule has 0 aliphatic rings. The summed E-state index contributed by atoms with van der Waals surface area (Å²) in [5.74, 6) is 0.654. The Hall–Kier alpha value is -1.97. The highest BCUT2D eigenvalue weighted by atomic mass is 16.5. The minimum absolute atomic E-state index is 0.448. The van der Waals surface area contributed by atoms with Gasteiger partial charge in [-0.15, -0.1) is 0 Å². The second kappa shape index (κ2) is 3.41. The van der Waals surface area contributed by atoms with Crippen LogP contribution < -0.4 is 10.5 Å². The smallest absolute Gasteiger partial charge is 0.144 e. The predicted molar refractivity (Wildman–Crippen MR) is 56.2 cm³/mol. The molecule has 0 aliphatic carbocycles. The number of aromatic amines is 1. The third kappa shape index (κ3) is 1.42. The molecule has 14 heavy (non-hydrogen) atoms. The summed E-state index contributed by atoms with van der Waals surface area (Å²) in [5.41, 5.74) is 7.31. The maximum absolute atomic E-state index is 5.79. The molecule has 1 aromatic heterocycles. The molecule has 4 heteroatoms. The van der Waals surface area contributed by atoms with Crippen molar-refractivity contribution in [2.24, 2.45) is 0 Å². The number of nitrogen functional groups attached to an aromatic ring is 1. The molecule has 0 amide bonds. The Labute approximate surface area is 81.4 Å². The Morgan fingerprint density at radius 3 is 3.21 bits per heavy atom. The summed E-state index contributed by atoms with van der Waals surface area (Å²) in [6.45, 7) is 4.02. The van der Waals surface area contributed by atoms with Crippen molar-refractivity contribution in [3.05, 3.63) is 31.0 Å². The highest BCUT2D eigenvalue weighted by Gasteiger charge is 2.03. The molecular formula is C10H11N3O. The van der Waals surface area contributed by atoms with Crippen LogP contribution >= 0.6 is 0 Å². The quantitative estimate of drug-likeness (QED) is 0.570. The molecule has 0 fully saturated rings. The van der Waals surface area contributed by atoms with E-state index in [2.05, 4.69) is 16.8 Å². The summed E-state index contributed by atoms with van der Waals surface area (Å²) < 4.78 is 5.37. The molecule has 0 bridgehead atoms. The number of anilines is 1. The topological polar surface area (TPSA) is 63.9 Å². The van der Waals surface area contributed by atoms with Gasteiger partial charge in [0.1, 0.15) is 12.4 Å². The van der Waals surface area contributed by atoms with Crippen molar-refractivity contribution in [1.82, 2.24) is 10.2 Å². The van der Waals surface area contributed by atoms with Gasteiger partial charge < -0.3 is 10.5 Å². The van der Waals surface area contributed by atoms with Gasteiger partial charge in [0.25, 0.3) is 0 Å². The largest absolute Gasteiger partial charge is 0.487 e. The van der Waals surface area contributed by atoms with Crippen molar-refractivity contribution in [1.29, 1.82) is 0 Å². The highest BCUT2D eigenvalue weighted by Crippen LogP contribution is 2.26. The van der Waals surface area contributed by atoms with Crippen LogP contribution in [0.1, 0.15) is 0 Å². The number of nitrogens with one attached hydrogen (secondary N) is 1. The summed E-state index contributed by atoms with van der Waals surface area (Å²) in [4.78, 5) is 0. The molecule has 72 valence electrons. The molecule has 0 aliphatic heterocycles. The molecular weight excluding hydrogens is 178 g/mol. The van der Waals surface area contributed by atoms with E-state index in [0.717, 1.165) is 10.9 Å². The van der Waals surface area contributed by atoms with Gasteiger partial charge in [-0.2, -0.15) is 5.10 Å². The van der Waals surface area contributed by atoms with Gasteiger partial charge in [0.2, 0.25) is 0 Å². The van der Waals surface area contributed by atoms with Crippen molar-refractivity contribution in [3.63, 3.8) is 0 Å². The Morgan fingerprint density at radius 1 is 1.57 bits per heavy atom. The normalized spacial score (nSPS) is 10.3. The number of H-pyrrole nitrogens is 1. The van der Waals surface area contributed by atoms with Crippen LogP contribution in [-0.4, -0.2) is 16.8 Å². The molecule has 0 radical (unpaired) electrons. The van der Waals surface area contributed by atoms with Gasteiger partial charge in [0.15, 0.2) is 0 Å². The molecule has 0 atom stereocenters. The molecule has 0 saturated heterocycles. The maximum Gasteiger partial charge on any atom is 0.144 e. The van der Waals surface area contributed by atoms with Crippen molar-refractivity contribution in [2.45, 2.75) is 0 Å². The van der Waals surface area contributed by atoms with Crippen molar-refractivity contribution in [2.75, 3.05) is 12.3 Å². The zero-order valence-corrected chi connectivity index (χ0v) is 7.66. The standard InChI is InChI=1S/C10H11N3O/c1-2-3-14-10-5-9-7(4-8(10)11)6-12-13-9/h2,4-6H,1,3,11H2,(H,12,13). The number of nitrogens with two attached hydrogens (primary N) is 1. The summed E-state index contributed by atoms with van der Waals surface area (Å²) in [6.07, 6.45) is 3.40.